The molecule has 2 nitrogen and oxygen atoms in total. The molecule has 15 heavy (non-hydrogen) atoms. The van der Waals surface area contributed by atoms with Crippen molar-refractivity contribution in [3.05, 3.63) is 23.0 Å². The number of carbonyl (C=O) groups is 1. The molecule has 1 aliphatic rings. The van der Waals surface area contributed by atoms with Crippen LogP contribution in [0.3, 0.4) is 0 Å². The molecule has 82 valence electrons. The van der Waals surface area contributed by atoms with Gasteiger partial charge < -0.3 is 4.57 Å². The summed E-state index contributed by atoms with van der Waals surface area (Å²) in [5, 5.41) is 0. The number of aldehydes is 1. The van der Waals surface area contributed by atoms with Gasteiger partial charge in [-0.15, -0.1) is 0 Å². The van der Waals surface area contributed by atoms with E-state index in [0.29, 0.717) is 5.41 Å². The van der Waals surface area contributed by atoms with Crippen molar-refractivity contribution in [2.24, 2.45) is 5.41 Å². The number of aryl methyl sites for hydroxylation is 1. The van der Waals surface area contributed by atoms with Crippen LogP contribution in [0.1, 0.15) is 47.9 Å². The van der Waals surface area contributed by atoms with Gasteiger partial charge in [-0.25, -0.2) is 0 Å². The lowest BCUT2D eigenvalue weighted by atomic mass is 10.0. The molecule has 0 bridgehead atoms. The Morgan fingerprint density at radius 1 is 1.47 bits per heavy atom. The third-order valence-electron chi connectivity index (χ3n) is 3.94. The average molecular weight is 205 g/mol. The largest absolute Gasteiger partial charge is 0.348 e. The minimum Gasteiger partial charge on any atom is -0.348 e. The number of carbonyl (C=O) groups excluding carboxylic acids is 1. The SMILES string of the molecule is CCC1(Cn2c(C)cc(C=O)c2C)CC1. The van der Waals surface area contributed by atoms with Crippen molar-refractivity contribution < 1.29 is 4.79 Å². The molecule has 0 spiro atoms. The van der Waals surface area contributed by atoms with E-state index in [1.165, 1.54) is 25.0 Å². The van der Waals surface area contributed by atoms with Crippen LogP contribution >= 0.6 is 0 Å². The maximum absolute atomic E-state index is 10.8. The molecule has 0 unspecified atom stereocenters. The first kappa shape index (κ1) is 10.5. The van der Waals surface area contributed by atoms with E-state index in [1.807, 2.05) is 13.0 Å². The number of hydrogen-bond donors (Lipinski definition) is 0. The van der Waals surface area contributed by atoms with Gasteiger partial charge in [-0.1, -0.05) is 6.92 Å². The molecule has 1 saturated carbocycles. The van der Waals surface area contributed by atoms with Gasteiger partial charge in [0, 0.05) is 23.5 Å². The summed E-state index contributed by atoms with van der Waals surface area (Å²) in [6.07, 6.45) is 4.90. The van der Waals surface area contributed by atoms with E-state index < -0.39 is 0 Å². The predicted molar refractivity (Wildman–Crippen MR) is 61.3 cm³/mol. The van der Waals surface area contributed by atoms with Gasteiger partial charge in [-0.05, 0) is 44.6 Å². The molecule has 2 heteroatoms. The highest BCUT2D eigenvalue weighted by molar-refractivity contribution is 5.77. The molecule has 1 fully saturated rings. The summed E-state index contributed by atoms with van der Waals surface area (Å²) in [5.74, 6) is 0. The molecule has 0 radical (unpaired) electrons. The maximum atomic E-state index is 10.8. The molecule has 0 N–H and O–H groups in total. The fourth-order valence-electron chi connectivity index (χ4n) is 2.33. The Morgan fingerprint density at radius 2 is 2.13 bits per heavy atom. The van der Waals surface area contributed by atoms with Crippen molar-refractivity contribution in [2.45, 2.75) is 46.6 Å². The van der Waals surface area contributed by atoms with Crippen LogP contribution in [0, 0.1) is 19.3 Å². The van der Waals surface area contributed by atoms with Gasteiger partial charge in [0.05, 0.1) is 0 Å². The van der Waals surface area contributed by atoms with E-state index in [-0.39, 0.29) is 0 Å². The highest BCUT2D eigenvalue weighted by Crippen LogP contribution is 2.50. The van der Waals surface area contributed by atoms with Crippen LogP contribution in [-0.4, -0.2) is 10.9 Å². The molecular formula is C13H19NO. The number of nitrogens with zero attached hydrogens (tertiary/aromatic N) is 1. The summed E-state index contributed by atoms with van der Waals surface area (Å²) in [5.41, 5.74) is 3.73. The predicted octanol–water partition coefficient (Wildman–Crippen LogP) is 3.11. The lowest BCUT2D eigenvalue weighted by molar-refractivity contribution is 0.112. The van der Waals surface area contributed by atoms with Crippen LogP contribution < -0.4 is 0 Å². The fraction of sp³-hybridized carbons (Fsp3) is 0.615. The second-order valence-corrected chi connectivity index (χ2v) is 4.88. The smallest absolute Gasteiger partial charge is 0.151 e. The van der Waals surface area contributed by atoms with E-state index in [9.17, 15) is 4.79 Å². The van der Waals surface area contributed by atoms with E-state index >= 15 is 0 Å². The zero-order valence-electron chi connectivity index (χ0n) is 9.84. The van der Waals surface area contributed by atoms with Gasteiger partial charge in [0.15, 0.2) is 6.29 Å². The summed E-state index contributed by atoms with van der Waals surface area (Å²) in [6, 6.07) is 1.99. The zero-order valence-corrected chi connectivity index (χ0v) is 9.84. The third kappa shape index (κ3) is 1.73. The van der Waals surface area contributed by atoms with Gasteiger partial charge in [-0.3, -0.25) is 4.79 Å². The minimum atomic E-state index is 0.536. The van der Waals surface area contributed by atoms with Gasteiger partial charge in [0.2, 0.25) is 0 Å². The van der Waals surface area contributed by atoms with Gasteiger partial charge in [0.25, 0.3) is 0 Å². The molecule has 0 saturated heterocycles. The van der Waals surface area contributed by atoms with Gasteiger partial charge in [-0.2, -0.15) is 0 Å². The average Bonchev–Trinajstić information content (AvgIpc) is 2.96. The van der Waals surface area contributed by atoms with E-state index in [4.69, 9.17) is 0 Å². The maximum Gasteiger partial charge on any atom is 0.151 e. The second kappa shape index (κ2) is 3.51. The van der Waals surface area contributed by atoms with E-state index in [1.54, 1.807) is 0 Å². The van der Waals surface area contributed by atoms with Crippen molar-refractivity contribution in [3.63, 3.8) is 0 Å². The monoisotopic (exact) mass is 205 g/mol. The van der Waals surface area contributed by atoms with Crippen molar-refractivity contribution >= 4 is 6.29 Å². The second-order valence-electron chi connectivity index (χ2n) is 4.88. The van der Waals surface area contributed by atoms with E-state index in [0.717, 1.165) is 24.1 Å². The summed E-state index contributed by atoms with van der Waals surface area (Å²) in [7, 11) is 0. The molecule has 0 aromatic carbocycles. The Labute approximate surface area is 91.3 Å². The molecule has 2 rings (SSSR count). The van der Waals surface area contributed by atoms with Crippen LogP contribution in [-0.2, 0) is 6.54 Å². The molecule has 0 amide bonds. The summed E-state index contributed by atoms with van der Waals surface area (Å²) in [4.78, 5) is 10.8. The number of hydrogen-bond acceptors (Lipinski definition) is 1. The first-order valence-corrected chi connectivity index (χ1v) is 5.74. The lowest BCUT2D eigenvalue weighted by Gasteiger charge is -2.17. The molecular weight excluding hydrogens is 186 g/mol. The van der Waals surface area contributed by atoms with Crippen LogP contribution in [0.2, 0.25) is 0 Å². The topological polar surface area (TPSA) is 22.0 Å². The molecule has 1 aromatic rings. The molecule has 1 heterocycles. The Kier molecular flexibility index (Phi) is 2.45. The summed E-state index contributed by atoms with van der Waals surface area (Å²) < 4.78 is 2.31. The Bertz CT molecular complexity index is 385. The first-order chi connectivity index (χ1) is 7.12. The van der Waals surface area contributed by atoms with Crippen LogP contribution in [0.5, 0.6) is 0 Å². The number of aromatic nitrogens is 1. The first-order valence-electron chi connectivity index (χ1n) is 5.74. The molecule has 1 aromatic heterocycles. The normalized spacial score (nSPS) is 17.8. The zero-order chi connectivity index (χ0) is 11.1. The van der Waals surface area contributed by atoms with Crippen LogP contribution in [0.25, 0.3) is 0 Å². The van der Waals surface area contributed by atoms with Crippen molar-refractivity contribution in [1.29, 1.82) is 0 Å². The molecule has 1 aliphatic carbocycles. The lowest BCUT2D eigenvalue weighted by Crippen LogP contribution is -2.13. The third-order valence-corrected chi connectivity index (χ3v) is 3.94. The van der Waals surface area contributed by atoms with Crippen molar-refractivity contribution in [3.8, 4) is 0 Å². The van der Waals surface area contributed by atoms with Crippen LogP contribution in [0.15, 0.2) is 6.07 Å². The highest BCUT2D eigenvalue weighted by Gasteiger charge is 2.41. The molecule has 0 atom stereocenters. The van der Waals surface area contributed by atoms with Gasteiger partial charge in [0.1, 0.15) is 0 Å². The van der Waals surface area contributed by atoms with Crippen molar-refractivity contribution in [2.75, 3.05) is 0 Å². The van der Waals surface area contributed by atoms with Crippen molar-refractivity contribution in [1.82, 2.24) is 4.57 Å². The summed E-state index contributed by atoms with van der Waals surface area (Å²) in [6.45, 7) is 7.49. The minimum absolute atomic E-state index is 0.536. The fourth-order valence-corrected chi connectivity index (χ4v) is 2.33. The quantitative estimate of drug-likeness (QED) is 0.692. The Balaban J connectivity index is 2.28. The summed E-state index contributed by atoms with van der Waals surface area (Å²) >= 11 is 0. The Hall–Kier alpha value is -1.05. The highest BCUT2D eigenvalue weighted by atomic mass is 16.1. The van der Waals surface area contributed by atoms with Gasteiger partial charge >= 0.3 is 0 Å². The van der Waals surface area contributed by atoms with Crippen LogP contribution in [0.4, 0.5) is 0 Å². The standard InChI is InChI=1S/C13H19NO/c1-4-13(5-6-13)9-14-10(2)7-12(8-15)11(14)3/h7-8H,4-6,9H2,1-3H3. The number of rotatable bonds is 4. The molecule has 0 aliphatic heterocycles. The Morgan fingerprint density at radius 3 is 2.53 bits per heavy atom. The van der Waals surface area contributed by atoms with E-state index in [2.05, 4.69) is 18.4 Å².